The van der Waals surface area contributed by atoms with E-state index in [2.05, 4.69) is 49.9 Å². The molecule has 0 amide bonds. The second-order valence-corrected chi connectivity index (χ2v) is 24.2. The Morgan fingerprint density at radius 2 is 0.725 bits per heavy atom. The van der Waals surface area contributed by atoms with E-state index in [1.54, 1.807) is 36.4 Å². The van der Waals surface area contributed by atoms with E-state index in [4.69, 9.17) is 9.47 Å². The average Bonchev–Trinajstić information content (AvgIpc) is 3.37. The number of benzene rings is 6. The van der Waals surface area contributed by atoms with E-state index < -0.39 is 136 Å². The lowest BCUT2D eigenvalue weighted by Crippen LogP contribution is -2.27. The molecule has 8 rings (SSSR count). The molecule has 0 radical (unpaired) electrons. The third kappa shape index (κ3) is 14.7. The second-order valence-electron chi connectivity index (χ2n) is 15.8. The van der Waals surface area contributed by atoms with Gasteiger partial charge in [-0.25, -0.2) is 20.0 Å². The monoisotopic (exact) mass is 1210 g/mol. The second kappa shape index (κ2) is 22.2. The van der Waals surface area contributed by atoms with E-state index in [9.17, 15) is 77.8 Å². The van der Waals surface area contributed by atoms with Crippen LogP contribution in [0.4, 0.5) is 22.7 Å². The summed E-state index contributed by atoms with van der Waals surface area (Å²) < 4.78 is 219. The summed E-state index contributed by atoms with van der Waals surface area (Å²) >= 11 is 0. The highest BCUT2D eigenvalue weighted by Crippen LogP contribution is 2.31. The summed E-state index contributed by atoms with van der Waals surface area (Å²) in [5.74, 6) is 0.360. The van der Waals surface area contributed by atoms with Gasteiger partial charge in [0.05, 0.1) is 32.5 Å². The molecule has 0 spiro atoms. The van der Waals surface area contributed by atoms with Crippen LogP contribution in [0.2, 0.25) is 0 Å². The van der Waals surface area contributed by atoms with Gasteiger partial charge in [-0.05, 0) is 96.1 Å². The smallest absolute Gasteiger partial charge is 0.305 e. The van der Waals surface area contributed by atoms with Crippen molar-refractivity contribution in [1.82, 2.24) is 29.9 Å². The predicted molar refractivity (Wildman–Crippen MR) is 273 cm³/mol. The van der Waals surface area contributed by atoms with Crippen molar-refractivity contribution < 1.29 is 87.3 Å². The normalized spacial score (nSPS) is 13.7. The Morgan fingerprint density at radius 3 is 1.05 bits per heavy atom. The zero-order chi connectivity index (χ0) is 58.0. The molecule has 0 aliphatic carbocycles. The predicted octanol–water partition coefficient (Wildman–Crippen LogP) is 3.95. The fourth-order valence-electron chi connectivity index (χ4n) is 6.79. The third-order valence-electron chi connectivity index (χ3n) is 10.2. The van der Waals surface area contributed by atoms with E-state index in [1.165, 1.54) is 36.4 Å². The van der Waals surface area contributed by atoms with Gasteiger partial charge in [0, 0.05) is 0 Å². The molecule has 416 valence electrons. The summed E-state index contributed by atoms with van der Waals surface area (Å²) in [4.78, 5) is 30.0. The minimum atomic E-state index is -5.17. The van der Waals surface area contributed by atoms with E-state index in [0.29, 0.717) is 36.4 Å². The molecule has 0 fully saturated rings. The van der Waals surface area contributed by atoms with Gasteiger partial charge in [0.1, 0.15) is 31.1 Å². The Morgan fingerprint density at radius 1 is 0.375 bits per heavy atom. The van der Waals surface area contributed by atoms with E-state index >= 15 is 0 Å². The van der Waals surface area contributed by atoms with Gasteiger partial charge >= 0.3 is 12.0 Å². The van der Waals surface area contributed by atoms with Crippen LogP contribution >= 0.6 is 0 Å². The van der Waals surface area contributed by atoms with Crippen LogP contribution in [0.25, 0.3) is 12.2 Å². The number of H-pyrrole nitrogens is 4. The lowest BCUT2D eigenvalue weighted by atomic mass is 10.1. The van der Waals surface area contributed by atoms with Crippen molar-refractivity contribution in [2.75, 3.05) is 0 Å². The number of para-hydroxylation sites is 2. The molecular formula is C44H34N10O20S6. The third-order valence-corrected chi connectivity index (χ3v) is 15.5. The molecule has 80 heavy (non-hydrogen) atoms. The Labute approximate surface area is 450 Å². The lowest BCUT2D eigenvalue weighted by molar-refractivity contribution is 0.431. The molecule has 2 aromatic heterocycles. The molecule has 0 saturated heterocycles. The first kappa shape index (κ1) is 57.5. The lowest BCUT2D eigenvalue weighted by Gasteiger charge is -2.08. The van der Waals surface area contributed by atoms with Gasteiger partial charge in [-0.15, -0.1) is 0 Å². The Bertz CT molecular complexity index is 4530. The van der Waals surface area contributed by atoms with Crippen LogP contribution in [-0.4, -0.2) is 108 Å². The summed E-state index contributed by atoms with van der Waals surface area (Å²) in [6, 6.07) is 25.1. The van der Waals surface area contributed by atoms with Gasteiger partial charge in [0.15, 0.2) is 0 Å². The zero-order valence-corrected chi connectivity index (χ0v) is 44.3. The van der Waals surface area contributed by atoms with Gasteiger partial charge in [0.2, 0.25) is 22.5 Å². The number of nitrogens with one attached hydrogen (secondary N) is 4. The number of ether oxygens (including phenoxy) is 2. The number of hydrogen-bond acceptors (Lipinski definition) is 20. The van der Waals surface area contributed by atoms with Crippen LogP contribution < -0.4 is 31.9 Å². The maximum atomic E-state index is 12.8. The van der Waals surface area contributed by atoms with Crippen LogP contribution in [-0.2, 0) is 60.7 Å². The molecule has 36 heteroatoms. The summed E-state index contributed by atoms with van der Waals surface area (Å²) in [5.41, 5.74) is -4.47. The molecule has 8 aromatic rings. The molecule has 10 N–H and O–H groups in total. The van der Waals surface area contributed by atoms with Gasteiger partial charge in [0.25, 0.3) is 60.7 Å². The standard InChI is InChI=1S/C44H34N10O20S6/c55-75(56,57)31-17-19-35(77(61,62)63)33(23-31)47-41-49-39(51-43(53-41)73-29-7-3-1-4-8-29)45-27-15-13-25(37(21-27)79(67,68)69)11-12-26-14-16-28(22-38(26)80(70,71)72)46-40-50-42(54-44(52-40)74-30-9-5-2-6-10-30)48-34-24-32(76(58,59)60)18-20-36(34)78(64,65)66/h1-24H,(H,55,56,57)(H,58,59,60)(H,61,62,63)(H,64,65,66)(H,67,68,69)(H,70,71,72)(H2,45,47,49,51,53)(H2,46,48,50,52,54). The van der Waals surface area contributed by atoms with Crippen LogP contribution in [0.1, 0.15) is 11.1 Å². The van der Waals surface area contributed by atoms with Crippen molar-refractivity contribution in [1.29, 1.82) is 0 Å². The van der Waals surface area contributed by atoms with Crippen LogP contribution in [0.15, 0.2) is 183 Å². The number of aromatic nitrogens is 6. The Kier molecular flexibility index (Phi) is 16.0. The van der Waals surface area contributed by atoms with E-state index in [-0.39, 0.29) is 34.0 Å². The number of aromatic amines is 4. The summed E-state index contributed by atoms with van der Waals surface area (Å²) in [6.45, 7) is 0. The Hall–Kier alpha value is -8.66. The molecular weight excluding hydrogens is 1180 g/mol. The quantitative estimate of drug-likeness (QED) is 0.0483. The minimum absolute atomic E-state index is 0.180. The van der Waals surface area contributed by atoms with Crippen LogP contribution in [0, 0.1) is 0 Å². The van der Waals surface area contributed by atoms with Crippen LogP contribution in [0.5, 0.6) is 23.5 Å². The maximum Gasteiger partial charge on any atom is 0.305 e. The van der Waals surface area contributed by atoms with Crippen molar-refractivity contribution in [3.8, 4) is 23.5 Å². The number of nitrogens with zero attached hydrogens (tertiary/aromatic N) is 6. The largest absolute Gasteiger partial charge is 0.426 e. The molecule has 30 nitrogen and oxygen atoms in total. The van der Waals surface area contributed by atoms with Crippen molar-refractivity contribution >= 4 is 95.6 Å². The van der Waals surface area contributed by atoms with E-state index in [1.807, 2.05) is 0 Å². The zero-order valence-electron chi connectivity index (χ0n) is 39.4. The van der Waals surface area contributed by atoms with Gasteiger partial charge in [-0.3, -0.25) is 47.3 Å². The average molecular weight is 1220 g/mol. The summed E-state index contributed by atoms with van der Waals surface area (Å²) in [6.07, 6.45) is 2.07. The molecule has 0 bridgehead atoms. The van der Waals surface area contributed by atoms with Crippen molar-refractivity contribution in [2.45, 2.75) is 29.4 Å². The van der Waals surface area contributed by atoms with Crippen molar-refractivity contribution in [3.63, 3.8) is 0 Å². The highest BCUT2D eigenvalue weighted by Gasteiger charge is 2.23. The molecule has 0 atom stereocenters. The molecule has 6 aromatic carbocycles. The first-order valence-corrected chi connectivity index (χ1v) is 30.1. The van der Waals surface area contributed by atoms with Crippen molar-refractivity contribution in [2.24, 2.45) is 20.0 Å². The topological polar surface area (TPSA) is 483 Å². The SMILES string of the molecule is O=S(=O)(O)c1ccc(S(=O)(=O)O)c(N=c2[nH]c(Oc3ccccc3)nc(=Nc3ccc(C=Cc4ccc(N=c5nc(Oc6ccccc6)[nH]c(=Nc6cc(S(=O)(=O)O)ccc6S(=O)(=O)O)[nH]5)cc4S(=O)(=O)O)c(S(=O)(=O)O)c3)[nH]2)c1. The maximum absolute atomic E-state index is 12.8. The fourth-order valence-corrected chi connectivity index (χ4v) is 10.4. The summed E-state index contributed by atoms with van der Waals surface area (Å²) in [5, 5.41) is 0. The highest BCUT2D eigenvalue weighted by molar-refractivity contribution is 7.87. The molecule has 0 aliphatic heterocycles. The molecule has 0 saturated carbocycles. The number of rotatable bonds is 16. The Balaban J connectivity index is 1.21. The van der Waals surface area contributed by atoms with Gasteiger partial charge in [-0.1, -0.05) is 60.7 Å². The molecule has 2 heterocycles. The fraction of sp³-hybridized carbons (Fsp3) is 0. The van der Waals surface area contributed by atoms with E-state index in [0.717, 1.165) is 36.4 Å². The minimum Gasteiger partial charge on any atom is -0.426 e. The van der Waals surface area contributed by atoms with Gasteiger partial charge in [-0.2, -0.15) is 60.5 Å². The highest BCUT2D eigenvalue weighted by atomic mass is 32.2. The van der Waals surface area contributed by atoms with Crippen molar-refractivity contribution in [3.05, 3.63) is 167 Å². The molecule has 0 aliphatic rings. The molecule has 0 unspecified atom stereocenters. The van der Waals surface area contributed by atoms with Gasteiger partial charge < -0.3 is 9.47 Å². The first-order chi connectivity index (χ1) is 37.3. The van der Waals surface area contributed by atoms with Crippen LogP contribution in [0.3, 0.4) is 0 Å². The first-order valence-electron chi connectivity index (χ1n) is 21.5. The number of hydrogen-bond donors (Lipinski definition) is 10. The summed E-state index contributed by atoms with van der Waals surface area (Å²) in [7, 11) is -30.4.